The summed E-state index contributed by atoms with van der Waals surface area (Å²) in [4.78, 5) is 8.63. The Labute approximate surface area is 114 Å². The van der Waals surface area contributed by atoms with Crippen LogP contribution in [0.2, 0.25) is 5.15 Å². The largest absolute Gasteiger partial charge is 0.388 e. The third-order valence-corrected chi connectivity index (χ3v) is 3.78. The molecule has 0 aliphatic rings. The van der Waals surface area contributed by atoms with Crippen LogP contribution in [0.15, 0.2) is 0 Å². The number of halogens is 1. The normalized spacial score (nSPS) is 12.7. The van der Waals surface area contributed by atoms with E-state index in [1.807, 2.05) is 27.7 Å². The third kappa shape index (κ3) is 3.12. The summed E-state index contributed by atoms with van der Waals surface area (Å²) >= 11 is 6.09. The van der Waals surface area contributed by atoms with Crippen LogP contribution in [0.3, 0.4) is 0 Å². The number of hydrogen-bond donors (Lipinski definition) is 2. The van der Waals surface area contributed by atoms with Crippen molar-refractivity contribution in [3.05, 3.63) is 16.5 Å². The molecule has 102 valence electrons. The van der Waals surface area contributed by atoms with E-state index in [-0.39, 0.29) is 0 Å². The van der Waals surface area contributed by atoms with Crippen molar-refractivity contribution in [2.75, 3.05) is 5.32 Å². The lowest BCUT2D eigenvalue weighted by Crippen LogP contribution is -2.51. The first-order valence-corrected chi connectivity index (χ1v) is 6.50. The van der Waals surface area contributed by atoms with Gasteiger partial charge in [0.25, 0.3) is 0 Å². The molecule has 0 amide bonds. The quantitative estimate of drug-likeness (QED) is 0.827. The van der Waals surface area contributed by atoms with Crippen molar-refractivity contribution in [3.63, 3.8) is 0 Å². The summed E-state index contributed by atoms with van der Waals surface area (Å²) < 4.78 is 0. The fourth-order valence-corrected chi connectivity index (χ4v) is 1.45. The molecular formula is C13H22ClN3O. The molecule has 0 atom stereocenters. The van der Waals surface area contributed by atoms with Gasteiger partial charge in [0, 0.05) is 12.0 Å². The van der Waals surface area contributed by atoms with E-state index in [9.17, 15) is 5.11 Å². The fourth-order valence-electron chi connectivity index (χ4n) is 1.26. The van der Waals surface area contributed by atoms with Gasteiger partial charge in [-0.25, -0.2) is 9.97 Å². The van der Waals surface area contributed by atoms with Gasteiger partial charge in [-0.3, -0.25) is 0 Å². The van der Waals surface area contributed by atoms with Crippen molar-refractivity contribution < 1.29 is 5.11 Å². The molecule has 0 aromatic carbocycles. The molecule has 5 heteroatoms. The summed E-state index contributed by atoms with van der Waals surface area (Å²) in [5.41, 5.74) is -0.616. The molecule has 0 fully saturated rings. The SMILES string of the molecule is CCc1nc(Cl)c(C)c(NC(C)(C)C(C)(C)O)n1. The highest BCUT2D eigenvalue weighted by atomic mass is 35.5. The molecule has 2 N–H and O–H groups in total. The Hall–Kier alpha value is -0.870. The average Bonchev–Trinajstić information content (AvgIpc) is 2.22. The van der Waals surface area contributed by atoms with Gasteiger partial charge in [-0.15, -0.1) is 0 Å². The summed E-state index contributed by atoms with van der Waals surface area (Å²) in [6, 6.07) is 0. The molecule has 18 heavy (non-hydrogen) atoms. The molecular weight excluding hydrogens is 250 g/mol. The van der Waals surface area contributed by atoms with E-state index in [1.165, 1.54) is 0 Å². The summed E-state index contributed by atoms with van der Waals surface area (Å²) in [6.45, 7) is 11.2. The van der Waals surface area contributed by atoms with Gasteiger partial charge in [-0.1, -0.05) is 18.5 Å². The Kier molecular flexibility index (Phi) is 4.23. The van der Waals surface area contributed by atoms with Gasteiger partial charge in [-0.05, 0) is 34.6 Å². The highest BCUT2D eigenvalue weighted by Crippen LogP contribution is 2.28. The first kappa shape index (κ1) is 15.2. The van der Waals surface area contributed by atoms with E-state index in [2.05, 4.69) is 15.3 Å². The smallest absolute Gasteiger partial charge is 0.137 e. The molecule has 0 saturated carbocycles. The van der Waals surface area contributed by atoms with Gasteiger partial charge in [0.15, 0.2) is 0 Å². The zero-order valence-corrected chi connectivity index (χ0v) is 12.7. The molecule has 0 aliphatic heterocycles. The molecule has 1 heterocycles. The van der Waals surface area contributed by atoms with Crippen molar-refractivity contribution >= 4 is 17.4 Å². The molecule has 4 nitrogen and oxygen atoms in total. The van der Waals surface area contributed by atoms with Gasteiger partial charge in [0.2, 0.25) is 0 Å². The number of anilines is 1. The van der Waals surface area contributed by atoms with E-state index in [0.29, 0.717) is 16.8 Å². The lowest BCUT2D eigenvalue weighted by Gasteiger charge is -2.38. The van der Waals surface area contributed by atoms with Crippen LogP contribution in [-0.2, 0) is 6.42 Å². The predicted molar refractivity (Wildman–Crippen MR) is 75.2 cm³/mol. The van der Waals surface area contributed by atoms with E-state index < -0.39 is 11.1 Å². The van der Waals surface area contributed by atoms with Crippen LogP contribution in [0.5, 0.6) is 0 Å². The van der Waals surface area contributed by atoms with Crippen LogP contribution < -0.4 is 5.32 Å². The second kappa shape index (κ2) is 5.02. The van der Waals surface area contributed by atoms with Gasteiger partial charge in [0.1, 0.15) is 16.8 Å². The number of nitrogens with one attached hydrogen (secondary N) is 1. The van der Waals surface area contributed by atoms with E-state index in [4.69, 9.17) is 11.6 Å². The topological polar surface area (TPSA) is 58.0 Å². The van der Waals surface area contributed by atoms with E-state index in [1.54, 1.807) is 13.8 Å². The monoisotopic (exact) mass is 271 g/mol. The van der Waals surface area contributed by atoms with Crippen LogP contribution >= 0.6 is 11.6 Å². The first-order chi connectivity index (χ1) is 8.08. The molecule has 0 radical (unpaired) electrons. The number of aryl methyl sites for hydroxylation is 1. The van der Waals surface area contributed by atoms with Crippen molar-refractivity contribution in [3.8, 4) is 0 Å². The second-order valence-corrected chi connectivity index (χ2v) is 5.92. The average molecular weight is 272 g/mol. The zero-order chi connectivity index (χ0) is 14.1. The van der Waals surface area contributed by atoms with Crippen LogP contribution in [0.1, 0.15) is 46.0 Å². The van der Waals surface area contributed by atoms with Crippen molar-refractivity contribution in [1.29, 1.82) is 0 Å². The minimum absolute atomic E-state index is 0.455. The molecule has 0 aliphatic carbocycles. The zero-order valence-electron chi connectivity index (χ0n) is 11.9. The third-order valence-electron chi connectivity index (χ3n) is 3.41. The standard InChI is InChI=1S/C13H22ClN3O/c1-7-9-15-10(14)8(2)11(16-9)17-12(3,4)13(5,6)18/h18H,7H2,1-6H3,(H,15,16,17). The molecule has 1 aromatic rings. The maximum Gasteiger partial charge on any atom is 0.137 e. The van der Waals surface area contributed by atoms with E-state index in [0.717, 1.165) is 12.0 Å². The molecule has 1 aromatic heterocycles. The van der Waals surface area contributed by atoms with Crippen molar-refractivity contribution in [2.45, 2.75) is 59.1 Å². The first-order valence-electron chi connectivity index (χ1n) is 6.12. The van der Waals surface area contributed by atoms with Gasteiger partial charge in [0.05, 0.1) is 11.1 Å². The van der Waals surface area contributed by atoms with Crippen LogP contribution in [0, 0.1) is 6.92 Å². The lowest BCUT2D eigenvalue weighted by molar-refractivity contribution is 0.0238. The predicted octanol–water partition coefficient (Wildman–Crippen LogP) is 2.96. The Balaban J connectivity index is 3.15. The number of nitrogens with zero attached hydrogens (tertiary/aromatic N) is 2. The Morgan fingerprint density at radius 3 is 2.22 bits per heavy atom. The van der Waals surface area contributed by atoms with Crippen LogP contribution in [-0.4, -0.2) is 26.2 Å². The summed E-state index contributed by atoms with van der Waals surface area (Å²) in [7, 11) is 0. The Bertz CT molecular complexity index is 439. The number of aliphatic hydroxyl groups is 1. The molecule has 0 saturated heterocycles. The lowest BCUT2D eigenvalue weighted by atomic mass is 9.86. The number of rotatable bonds is 4. The van der Waals surface area contributed by atoms with Crippen LogP contribution in [0.4, 0.5) is 5.82 Å². The summed E-state index contributed by atoms with van der Waals surface area (Å²) in [5, 5.41) is 13.9. The van der Waals surface area contributed by atoms with Gasteiger partial charge >= 0.3 is 0 Å². The number of hydrogen-bond acceptors (Lipinski definition) is 4. The van der Waals surface area contributed by atoms with Crippen molar-refractivity contribution in [1.82, 2.24) is 9.97 Å². The van der Waals surface area contributed by atoms with Gasteiger partial charge in [-0.2, -0.15) is 0 Å². The highest BCUT2D eigenvalue weighted by Gasteiger charge is 2.35. The minimum atomic E-state index is -0.886. The minimum Gasteiger partial charge on any atom is -0.388 e. The van der Waals surface area contributed by atoms with Crippen LogP contribution in [0.25, 0.3) is 0 Å². The highest BCUT2D eigenvalue weighted by molar-refractivity contribution is 6.30. The molecule has 0 spiro atoms. The van der Waals surface area contributed by atoms with E-state index >= 15 is 0 Å². The maximum absolute atomic E-state index is 10.2. The second-order valence-electron chi connectivity index (χ2n) is 5.57. The Morgan fingerprint density at radius 1 is 1.22 bits per heavy atom. The molecule has 1 rings (SSSR count). The summed E-state index contributed by atoms with van der Waals surface area (Å²) in [6.07, 6.45) is 0.720. The molecule has 0 unspecified atom stereocenters. The summed E-state index contributed by atoms with van der Waals surface area (Å²) in [5.74, 6) is 1.37. The number of aromatic nitrogens is 2. The Morgan fingerprint density at radius 2 is 1.78 bits per heavy atom. The maximum atomic E-state index is 10.2. The van der Waals surface area contributed by atoms with Gasteiger partial charge < -0.3 is 10.4 Å². The fraction of sp³-hybridized carbons (Fsp3) is 0.692. The van der Waals surface area contributed by atoms with Crippen molar-refractivity contribution in [2.24, 2.45) is 0 Å². The molecule has 0 bridgehead atoms.